The smallest absolute Gasteiger partial charge is 0.240 e. The Hall–Kier alpha value is -1.66. The minimum atomic E-state index is -0.611. The van der Waals surface area contributed by atoms with Crippen LogP contribution >= 0.6 is 11.6 Å². The number of benzene rings is 1. The second-order valence-electron chi connectivity index (χ2n) is 3.19. The Bertz CT molecular complexity index is 544. The molecule has 0 saturated carbocycles. The summed E-state index contributed by atoms with van der Waals surface area (Å²) in [6, 6.07) is 2.73. The summed E-state index contributed by atoms with van der Waals surface area (Å²) in [5.41, 5.74) is 5.74. The first-order chi connectivity index (χ1) is 8.15. The molecule has 0 aliphatic carbocycles. The van der Waals surface area contributed by atoms with E-state index in [0.717, 1.165) is 0 Å². The number of methoxy groups -OCH3 is 1. The van der Waals surface area contributed by atoms with E-state index in [4.69, 9.17) is 26.6 Å². The summed E-state index contributed by atoms with van der Waals surface area (Å²) in [5.74, 6) is 0.106. The molecule has 1 aromatic carbocycles. The molecule has 0 amide bonds. The topological polar surface area (TPSA) is 74.2 Å². The molecule has 2 aromatic rings. The second-order valence-corrected chi connectivity index (χ2v) is 3.57. The summed E-state index contributed by atoms with van der Waals surface area (Å²) in [6.07, 6.45) is 0. The summed E-state index contributed by atoms with van der Waals surface area (Å²) in [5, 5.41) is 3.59. The molecular formula is C10H9ClFN3O2. The van der Waals surface area contributed by atoms with Crippen LogP contribution < -0.4 is 10.5 Å². The molecule has 1 heterocycles. The molecule has 1 aromatic heterocycles. The predicted octanol–water partition coefficient (Wildman–Crippen LogP) is 2.00. The molecule has 0 bridgehead atoms. The predicted molar refractivity (Wildman–Crippen MR) is 59.1 cm³/mol. The average molecular weight is 258 g/mol. The van der Waals surface area contributed by atoms with Crippen molar-refractivity contribution in [3.05, 3.63) is 28.9 Å². The van der Waals surface area contributed by atoms with Crippen LogP contribution in [0.5, 0.6) is 5.75 Å². The van der Waals surface area contributed by atoms with Gasteiger partial charge in [0.25, 0.3) is 0 Å². The number of rotatable bonds is 3. The highest BCUT2D eigenvalue weighted by molar-refractivity contribution is 6.32. The Balaban J connectivity index is 2.48. The van der Waals surface area contributed by atoms with Crippen LogP contribution in [0, 0.1) is 5.82 Å². The van der Waals surface area contributed by atoms with Crippen molar-refractivity contribution in [2.45, 2.75) is 6.54 Å². The first-order valence-corrected chi connectivity index (χ1v) is 5.09. The number of hydrogen-bond acceptors (Lipinski definition) is 5. The normalized spacial score (nSPS) is 10.6. The van der Waals surface area contributed by atoms with E-state index in [-0.39, 0.29) is 29.0 Å². The molecule has 0 radical (unpaired) electrons. The molecular weight excluding hydrogens is 249 g/mol. The van der Waals surface area contributed by atoms with E-state index in [1.165, 1.54) is 19.2 Å². The molecule has 2 rings (SSSR count). The molecule has 0 atom stereocenters. The Morgan fingerprint density at radius 3 is 2.88 bits per heavy atom. The lowest BCUT2D eigenvalue weighted by Crippen LogP contribution is -1.96. The van der Waals surface area contributed by atoms with Gasteiger partial charge >= 0.3 is 0 Å². The number of nitrogens with two attached hydrogens (primary N) is 1. The number of halogens is 2. The van der Waals surface area contributed by atoms with Gasteiger partial charge in [-0.3, -0.25) is 0 Å². The summed E-state index contributed by atoms with van der Waals surface area (Å²) < 4.78 is 23.2. The van der Waals surface area contributed by atoms with Crippen LogP contribution in [0.15, 0.2) is 16.7 Å². The van der Waals surface area contributed by atoms with Gasteiger partial charge in [-0.15, -0.1) is 0 Å². The summed E-state index contributed by atoms with van der Waals surface area (Å²) in [6.45, 7) is 0.125. The average Bonchev–Trinajstić information content (AvgIpc) is 2.81. The van der Waals surface area contributed by atoms with Crippen molar-refractivity contribution in [1.82, 2.24) is 10.1 Å². The monoisotopic (exact) mass is 257 g/mol. The summed E-state index contributed by atoms with van der Waals surface area (Å²) in [4.78, 5) is 3.98. The minimum Gasteiger partial charge on any atom is -0.495 e. The van der Waals surface area contributed by atoms with Gasteiger partial charge in [0.1, 0.15) is 16.6 Å². The van der Waals surface area contributed by atoms with Crippen molar-refractivity contribution in [2.24, 2.45) is 5.73 Å². The van der Waals surface area contributed by atoms with E-state index in [1.807, 2.05) is 0 Å². The number of hydrogen-bond donors (Lipinski definition) is 1. The van der Waals surface area contributed by atoms with Crippen LogP contribution in [0.4, 0.5) is 4.39 Å². The molecule has 90 valence electrons. The maximum atomic E-state index is 13.5. The van der Waals surface area contributed by atoms with Gasteiger partial charge in [-0.05, 0) is 12.1 Å². The fourth-order valence-corrected chi connectivity index (χ4v) is 1.48. The highest BCUT2D eigenvalue weighted by atomic mass is 35.5. The Morgan fingerprint density at radius 1 is 1.53 bits per heavy atom. The van der Waals surface area contributed by atoms with Crippen LogP contribution in [0.25, 0.3) is 11.4 Å². The molecule has 7 heteroatoms. The summed E-state index contributed by atoms with van der Waals surface area (Å²) in [7, 11) is 1.39. The van der Waals surface area contributed by atoms with Crippen LogP contribution in [0.1, 0.15) is 5.89 Å². The van der Waals surface area contributed by atoms with E-state index >= 15 is 0 Å². The highest BCUT2D eigenvalue weighted by Crippen LogP contribution is 2.32. The fraction of sp³-hybridized carbons (Fsp3) is 0.200. The lowest BCUT2D eigenvalue weighted by atomic mass is 10.2. The Kier molecular flexibility index (Phi) is 3.26. The number of nitrogens with zero attached hydrogens (tertiary/aromatic N) is 2. The van der Waals surface area contributed by atoms with E-state index < -0.39 is 5.82 Å². The van der Waals surface area contributed by atoms with E-state index in [0.29, 0.717) is 5.56 Å². The molecule has 5 nitrogen and oxygen atoms in total. The Labute approximate surface area is 101 Å². The number of aromatic nitrogens is 2. The first kappa shape index (κ1) is 11.8. The minimum absolute atomic E-state index is 0.0845. The lowest BCUT2D eigenvalue weighted by molar-refractivity contribution is 0.380. The third-order valence-corrected chi connectivity index (χ3v) is 2.48. The van der Waals surface area contributed by atoms with E-state index in [9.17, 15) is 4.39 Å². The largest absolute Gasteiger partial charge is 0.495 e. The quantitative estimate of drug-likeness (QED) is 0.910. The zero-order chi connectivity index (χ0) is 12.4. The maximum Gasteiger partial charge on any atom is 0.240 e. The van der Waals surface area contributed by atoms with Gasteiger partial charge in [0.2, 0.25) is 11.7 Å². The van der Waals surface area contributed by atoms with Crippen LogP contribution in [0.2, 0.25) is 5.02 Å². The van der Waals surface area contributed by atoms with Gasteiger partial charge in [0.15, 0.2) is 0 Å². The first-order valence-electron chi connectivity index (χ1n) is 4.71. The van der Waals surface area contributed by atoms with Crippen molar-refractivity contribution in [3.63, 3.8) is 0 Å². The van der Waals surface area contributed by atoms with Gasteiger partial charge in [-0.1, -0.05) is 16.8 Å². The van der Waals surface area contributed by atoms with Gasteiger partial charge < -0.3 is 15.0 Å². The Morgan fingerprint density at radius 2 is 2.29 bits per heavy atom. The highest BCUT2D eigenvalue weighted by Gasteiger charge is 2.14. The molecule has 0 spiro atoms. The molecule has 0 aliphatic rings. The molecule has 2 N–H and O–H groups in total. The van der Waals surface area contributed by atoms with Crippen molar-refractivity contribution in [2.75, 3.05) is 7.11 Å². The molecule has 0 aliphatic heterocycles. The molecule has 0 fully saturated rings. The zero-order valence-corrected chi connectivity index (χ0v) is 9.66. The number of ether oxygens (including phenoxy) is 1. The zero-order valence-electron chi connectivity index (χ0n) is 8.91. The second kappa shape index (κ2) is 4.68. The molecule has 17 heavy (non-hydrogen) atoms. The third-order valence-electron chi connectivity index (χ3n) is 2.12. The van der Waals surface area contributed by atoms with Crippen molar-refractivity contribution in [3.8, 4) is 17.1 Å². The lowest BCUT2D eigenvalue weighted by Gasteiger charge is -2.05. The van der Waals surface area contributed by atoms with Gasteiger partial charge in [-0.2, -0.15) is 4.98 Å². The van der Waals surface area contributed by atoms with Crippen molar-refractivity contribution in [1.29, 1.82) is 0 Å². The fourth-order valence-electron chi connectivity index (χ4n) is 1.30. The van der Waals surface area contributed by atoms with Gasteiger partial charge in [-0.25, -0.2) is 4.39 Å². The standard InChI is InChI=1S/C10H9ClFN3O2/c1-16-7-3-5(2-6(12)9(7)11)10-14-8(4-13)17-15-10/h2-3H,4,13H2,1H3. The maximum absolute atomic E-state index is 13.5. The SMILES string of the molecule is COc1cc(-c2noc(CN)n2)cc(F)c1Cl. The van der Waals surface area contributed by atoms with Crippen molar-refractivity contribution >= 4 is 11.6 Å². The van der Waals surface area contributed by atoms with E-state index in [2.05, 4.69) is 10.1 Å². The van der Waals surface area contributed by atoms with Gasteiger partial charge in [0.05, 0.1) is 13.7 Å². The van der Waals surface area contributed by atoms with E-state index in [1.54, 1.807) is 0 Å². The summed E-state index contributed by atoms with van der Waals surface area (Å²) >= 11 is 5.70. The molecule has 0 saturated heterocycles. The van der Waals surface area contributed by atoms with Crippen molar-refractivity contribution < 1.29 is 13.7 Å². The molecule has 0 unspecified atom stereocenters. The van der Waals surface area contributed by atoms with Crippen LogP contribution in [0.3, 0.4) is 0 Å². The van der Waals surface area contributed by atoms with Gasteiger partial charge in [0, 0.05) is 5.56 Å². The van der Waals surface area contributed by atoms with Crippen LogP contribution in [-0.2, 0) is 6.54 Å². The third kappa shape index (κ3) is 2.22. The van der Waals surface area contributed by atoms with Crippen LogP contribution in [-0.4, -0.2) is 17.3 Å².